The lowest BCUT2D eigenvalue weighted by molar-refractivity contribution is 0.344. The van der Waals surface area contributed by atoms with Gasteiger partial charge in [0, 0.05) is 5.69 Å². The van der Waals surface area contributed by atoms with Crippen molar-refractivity contribution < 1.29 is 0 Å². The zero-order chi connectivity index (χ0) is 9.97. The predicted octanol–water partition coefficient (Wildman–Crippen LogP) is 3.56. The van der Waals surface area contributed by atoms with Crippen LogP contribution in [-0.4, -0.2) is 0 Å². The fourth-order valence-electron chi connectivity index (χ4n) is 2.51. The molecule has 2 rings (SSSR count). The Morgan fingerprint density at radius 1 is 1.14 bits per heavy atom. The van der Waals surface area contributed by atoms with E-state index in [2.05, 4.69) is 19.1 Å². The number of benzene rings is 1. The summed E-state index contributed by atoms with van der Waals surface area (Å²) < 4.78 is 0. The maximum absolute atomic E-state index is 5.68. The predicted molar refractivity (Wildman–Crippen MR) is 61.2 cm³/mol. The lowest BCUT2D eigenvalue weighted by atomic mass is 9.79. The minimum atomic E-state index is 0.777. The highest BCUT2D eigenvalue weighted by Crippen LogP contribution is 2.35. The first-order valence-corrected chi connectivity index (χ1v) is 5.61. The summed E-state index contributed by atoms with van der Waals surface area (Å²) in [6, 6.07) is 8.43. The fourth-order valence-corrected chi connectivity index (χ4v) is 2.51. The summed E-state index contributed by atoms with van der Waals surface area (Å²) in [7, 11) is 0. The van der Waals surface area contributed by atoms with Gasteiger partial charge in [0.05, 0.1) is 0 Å². The molecule has 1 aromatic rings. The van der Waals surface area contributed by atoms with E-state index in [0.29, 0.717) is 0 Å². The molecular weight excluding hydrogens is 170 g/mol. The Bertz CT molecular complexity index is 289. The van der Waals surface area contributed by atoms with Gasteiger partial charge in [-0.3, -0.25) is 0 Å². The molecule has 0 amide bonds. The van der Waals surface area contributed by atoms with Crippen molar-refractivity contribution in [1.29, 1.82) is 0 Å². The Labute approximate surface area is 86.3 Å². The minimum absolute atomic E-state index is 0.777. The molecular formula is C13H19N. The van der Waals surface area contributed by atoms with Crippen molar-refractivity contribution in [2.75, 3.05) is 5.73 Å². The molecule has 1 fully saturated rings. The van der Waals surface area contributed by atoms with Crippen molar-refractivity contribution in [2.45, 2.75) is 38.5 Å². The molecule has 2 N–H and O–H groups in total. The summed E-state index contributed by atoms with van der Waals surface area (Å²) in [6.45, 7) is 2.36. The molecule has 0 bridgehead atoms. The number of anilines is 1. The normalized spacial score (nSPS) is 27.5. The van der Waals surface area contributed by atoms with Gasteiger partial charge in [-0.1, -0.05) is 31.9 Å². The van der Waals surface area contributed by atoms with E-state index >= 15 is 0 Å². The highest BCUT2D eigenvalue weighted by atomic mass is 14.5. The van der Waals surface area contributed by atoms with Crippen molar-refractivity contribution in [3.05, 3.63) is 29.8 Å². The van der Waals surface area contributed by atoms with E-state index < -0.39 is 0 Å². The molecule has 1 nitrogen and oxygen atoms in total. The molecule has 14 heavy (non-hydrogen) atoms. The molecule has 0 saturated heterocycles. The van der Waals surface area contributed by atoms with Crippen molar-refractivity contribution in [1.82, 2.24) is 0 Å². The third-order valence-electron chi connectivity index (χ3n) is 3.34. The van der Waals surface area contributed by atoms with Crippen molar-refractivity contribution in [2.24, 2.45) is 5.92 Å². The third-order valence-corrected chi connectivity index (χ3v) is 3.34. The van der Waals surface area contributed by atoms with Gasteiger partial charge in [-0.15, -0.1) is 0 Å². The Morgan fingerprint density at radius 3 is 2.50 bits per heavy atom. The number of rotatable bonds is 1. The molecule has 1 aliphatic carbocycles. The van der Waals surface area contributed by atoms with Crippen LogP contribution in [0.25, 0.3) is 0 Å². The van der Waals surface area contributed by atoms with E-state index in [1.165, 1.54) is 31.2 Å². The van der Waals surface area contributed by atoms with Gasteiger partial charge in [0.15, 0.2) is 0 Å². The van der Waals surface area contributed by atoms with Gasteiger partial charge in [-0.25, -0.2) is 0 Å². The summed E-state index contributed by atoms with van der Waals surface area (Å²) in [5.41, 5.74) is 8.03. The zero-order valence-corrected chi connectivity index (χ0v) is 8.87. The van der Waals surface area contributed by atoms with Crippen LogP contribution in [0.2, 0.25) is 0 Å². The van der Waals surface area contributed by atoms with Crippen LogP contribution in [0.1, 0.15) is 44.1 Å². The quantitative estimate of drug-likeness (QED) is 0.672. The largest absolute Gasteiger partial charge is 0.399 e. The van der Waals surface area contributed by atoms with Crippen LogP contribution in [0.15, 0.2) is 24.3 Å². The van der Waals surface area contributed by atoms with Gasteiger partial charge in [-0.05, 0) is 42.4 Å². The van der Waals surface area contributed by atoms with Gasteiger partial charge >= 0.3 is 0 Å². The molecule has 0 aliphatic heterocycles. The average molecular weight is 189 g/mol. The van der Waals surface area contributed by atoms with E-state index in [0.717, 1.165) is 17.5 Å². The van der Waals surface area contributed by atoms with Gasteiger partial charge in [0.2, 0.25) is 0 Å². The fraction of sp³-hybridized carbons (Fsp3) is 0.538. The number of nitrogens with two attached hydrogens (primary N) is 1. The molecule has 1 saturated carbocycles. The van der Waals surface area contributed by atoms with Crippen molar-refractivity contribution in [3.8, 4) is 0 Å². The Kier molecular flexibility index (Phi) is 2.76. The lowest BCUT2D eigenvalue weighted by Gasteiger charge is -2.27. The highest BCUT2D eigenvalue weighted by molar-refractivity contribution is 5.40. The molecule has 0 unspecified atom stereocenters. The molecule has 76 valence electrons. The average Bonchev–Trinajstić information content (AvgIpc) is 2.19. The Morgan fingerprint density at radius 2 is 1.86 bits per heavy atom. The first kappa shape index (κ1) is 9.57. The molecule has 1 heteroatoms. The van der Waals surface area contributed by atoms with E-state index in [9.17, 15) is 0 Å². The van der Waals surface area contributed by atoms with E-state index in [-0.39, 0.29) is 0 Å². The second-order valence-electron chi connectivity index (χ2n) is 4.64. The topological polar surface area (TPSA) is 26.0 Å². The Hall–Kier alpha value is -0.980. The maximum atomic E-state index is 5.68. The summed E-state index contributed by atoms with van der Waals surface area (Å²) >= 11 is 0. The maximum Gasteiger partial charge on any atom is 0.0314 e. The van der Waals surface area contributed by atoms with Gasteiger partial charge in [0.25, 0.3) is 0 Å². The zero-order valence-electron chi connectivity index (χ0n) is 8.87. The molecule has 1 aromatic carbocycles. The smallest absolute Gasteiger partial charge is 0.0314 e. The van der Waals surface area contributed by atoms with Crippen LogP contribution in [0.4, 0.5) is 5.69 Å². The van der Waals surface area contributed by atoms with Gasteiger partial charge in [-0.2, -0.15) is 0 Å². The minimum Gasteiger partial charge on any atom is -0.399 e. The standard InChI is InChI=1S/C13H19N/c1-10-3-2-4-12(9-10)11-5-7-13(14)8-6-11/h5-8,10,12H,2-4,9,14H2,1H3/t10-,12-/m0/s1. The van der Waals surface area contributed by atoms with Crippen LogP contribution in [0.3, 0.4) is 0 Å². The molecule has 1 aliphatic rings. The Balaban J connectivity index is 2.10. The summed E-state index contributed by atoms with van der Waals surface area (Å²) in [5.74, 6) is 1.67. The number of hydrogen-bond acceptors (Lipinski definition) is 1. The number of nitrogen functional groups attached to an aromatic ring is 1. The van der Waals surface area contributed by atoms with E-state index in [1.807, 2.05) is 12.1 Å². The second kappa shape index (κ2) is 4.04. The van der Waals surface area contributed by atoms with Crippen LogP contribution in [0, 0.1) is 5.92 Å². The number of hydrogen-bond donors (Lipinski definition) is 1. The SMILES string of the molecule is C[C@H]1CCC[C@H](c2ccc(N)cc2)C1. The summed E-state index contributed by atoms with van der Waals surface area (Å²) in [4.78, 5) is 0. The molecule has 2 atom stereocenters. The second-order valence-corrected chi connectivity index (χ2v) is 4.64. The monoisotopic (exact) mass is 189 g/mol. The molecule has 0 aromatic heterocycles. The highest BCUT2D eigenvalue weighted by Gasteiger charge is 2.19. The van der Waals surface area contributed by atoms with Gasteiger partial charge < -0.3 is 5.73 Å². The first-order valence-electron chi connectivity index (χ1n) is 5.61. The van der Waals surface area contributed by atoms with Crippen LogP contribution < -0.4 is 5.73 Å². The van der Waals surface area contributed by atoms with Crippen molar-refractivity contribution >= 4 is 5.69 Å². The lowest BCUT2D eigenvalue weighted by Crippen LogP contribution is -2.11. The third kappa shape index (κ3) is 2.09. The van der Waals surface area contributed by atoms with Crippen LogP contribution in [0.5, 0.6) is 0 Å². The van der Waals surface area contributed by atoms with Crippen molar-refractivity contribution in [3.63, 3.8) is 0 Å². The first-order chi connectivity index (χ1) is 6.75. The molecule has 0 heterocycles. The molecule has 0 radical (unpaired) electrons. The van der Waals surface area contributed by atoms with Crippen LogP contribution >= 0.6 is 0 Å². The van der Waals surface area contributed by atoms with Crippen LogP contribution in [-0.2, 0) is 0 Å². The summed E-state index contributed by atoms with van der Waals surface area (Å²) in [6.07, 6.45) is 5.50. The summed E-state index contributed by atoms with van der Waals surface area (Å²) in [5, 5.41) is 0. The van der Waals surface area contributed by atoms with E-state index in [1.54, 1.807) is 0 Å². The molecule has 0 spiro atoms. The van der Waals surface area contributed by atoms with E-state index in [4.69, 9.17) is 5.73 Å². The van der Waals surface area contributed by atoms with Gasteiger partial charge in [0.1, 0.15) is 0 Å².